The van der Waals surface area contributed by atoms with Gasteiger partial charge in [-0.15, -0.1) is 0 Å². The number of hydrogen-bond donors (Lipinski definition) is 1. The van der Waals surface area contributed by atoms with Gasteiger partial charge in [0.1, 0.15) is 0 Å². The monoisotopic (exact) mass is 258 g/mol. The smallest absolute Gasteiger partial charge is 0.232 e. The van der Waals surface area contributed by atoms with Gasteiger partial charge >= 0.3 is 0 Å². The Morgan fingerprint density at radius 1 is 1.21 bits per heavy atom. The summed E-state index contributed by atoms with van der Waals surface area (Å²) in [6.07, 6.45) is 2.75. The van der Waals surface area contributed by atoms with Crippen LogP contribution in [-0.2, 0) is 9.53 Å². The van der Waals surface area contributed by atoms with Crippen LogP contribution in [0.25, 0.3) is 0 Å². The average molecular weight is 258 g/mol. The number of nitrogens with zero attached hydrogens (tertiary/aromatic N) is 1. The van der Waals surface area contributed by atoms with Gasteiger partial charge in [-0.25, -0.2) is 0 Å². The van der Waals surface area contributed by atoms with E-state index in [4.69, 9.17) is 4.74 Å². The van der Waals surface area contributed by atoms with Gasteiger partial charge in [0.15, 0.2) is 0 Å². The van der Waals surface area contributed by atoms with E-state index in [0.29, 0.717) is 0 Å². The third-order valence-corrected chi connectivity index (χ3v) is 4.49. The summed E-state index contributed by atoms with van der Waals surface area (Å²) in [5.41, 5.74) is 2.25. The van der Waals surface area contributed by atoms with Gasteiger partial charge in [0.25, 0.3) is 0 Å². The van der Waals surface area contributed by atoms with Crippen LogP contribution in [0.3, 0.4) is 0 Å². The van der Waals surface area contributed by atoms with Crippen molar-refractivity contribution in [3.8, 4) is 0 Å². The number of hydrogen-bond acceptors (Lipinski definition) is 3. The van der Waals surface area contributed by atoms with E-state index >= 15 is 0 Å². The highest BCUT2D eigenvalue weighted by molar-refractivity contribution is 5.88. The summed E-state index contributed by atoms with van der Waals surface area (Å²) in [5, 5.41) is 3.33. The molecule has 1 N–H and O–H groups in total. The molecule has 1 aromatic rings. The number of carbonyl (C=O) groups is 1. The summed E-state index contributed by atoms with van der Waals surface area (Å²) in [5.74, 6) is 0.242. The van der Waals surface area contributed by atoms with Crippen molar-refractivity contribution in [2.24, 2.45) is 0 Å². The maximum absolute atomic E-state index is 12.7. The summed E-state index contributed by atoms with van der Waals surface area (Å²) in [6.45, 7) is 2.27. The largest absolute Gasteiger partial charge is 0.384 e. The summed E-state index contributed by atoms with van der Waals surface area (Å²) < 4.78 is 5.80. The number of likely N-dealkylation sites (tertiary alicyclic amines) is 1. The molecule has 3 aliphatic rings. The Labute approximate surface area is 112 Å². The predicted molar refractivity (Wildman–Crippen MR) is 72.1 cm³/mol. The minimum absolute atomic E-state index is 0.0197. The van der Waals surface area contributed by atoms with Gasteiger partial charge in [0, 0.05) is 25.3 Å². The fourth-order valence-electron chi connectivity index (χ4n) is 3.52. The van der Waals surface area contributed by atoms with Crippen LogP contribution >= 0.6 is 0 Å². The molecule has 3 atom stereocenters. The Hall–Kier alpha value is -1.55. The minimum Gasteiger partial charge on any atom is -0.384 e. The SMILES string of the molecule is O=C(C1CNc2ccccc21)N1CC2CCC(C1)O2. The number of nitrogens with one attached hydrogen (secondary N) is 1. The van der Waals surface area contributed by atoms with Crippen LogP contribution < -0.4 is 5.32 Å². The Morgan fingerprint density at radius 3 is 2.74 bits per heavy atom. The van der Waals surface area contributed by atoms with Gasteiger partial charge < -0.3 is 15.0 Å². The third-order valence-electron chi connectivity index (χ3n) is 4.49. The lowest BCUT2D eigenvalue weighted by Crippen LogP contribution is -2.47. The first kappa shape index (κ1) is 11.3. The van der Waals surface area contributed by atoms with Crippen LogP contribution in [0.2, 0.25) is 0 Å². The molecular weight excluding hydrogens is 240 g/mol. The molecule has 2 fully saturated rings. The van der Waals surface area contributed by atoms with E-state index in [1.54, 1.807) is 0 Å². The molecule has 3 unspecified atom stereocenters. The zero-order chi connectivity index (χ0) is 12.8. The molecule has 2 bridgehead atoms. The fourth-order valence-corrected chi connectivity index (χ4v) is 3.52. The Balaban J connectivity index is 1.55. The molecule has 0 saturated carbocycles. The number of carbonyl (C=O) groups excluding carboxylic acids is 1. The average Bonchev–Trinajstić information content (AvgIpc) is 3.01. The van der Waals surface area contributed by atoms with E-state index in [9.17, 15) is 4.79 Å². The standard InChI is InChI=1S/C15H18N2O2/c18-15(17-8-10-5-6-11(9-17)19-10)13-7-16-14-4-2-1-3-12(13)14/h1-4,10-11,13,16H,5-9H2. The van der Waals surface area contributed by atoms with Crippen LogP contribution in [0, 0.1) is 0 Å². The molecule has 4 nitrogen and oxygen atoms in total. The second-order valence-electron chi connectivity index (χ2n) is 5.72. The Bertz CT molecular complexity index is 505. The van der Waals surface area contributed by atoms with Gasteiger partial charge in [0.05, 0.1) is 18.1 Å². The van der Waals surface area contributed by atoms with Crippen LogP contribution in [0.1, 0.15) is 24.3 Å². The maximum Gasteiger partial charge on any atom is 0.232 e. The van der Waals surface area contributed by atoms with E-state index in [1.807, 2.05) is 23.1 Å². The zero-order valence-electron chi connectivity index (χ0n) is 10.8. The number of morpholine rings is 1. The number of ether oxygens (including phenoxy) is 1. The molecule has 0 radical (unpaired) electrons. The lowest BCUT2D eigenvalue weighted by molar-refractivity contribution is -0.141. The van der Waals surface area contributed by atoms with Crippen molar-refractivity contribution < 1.29 is 9.53 Å². The second kappa shape index (κ2) is 4.23. The van der Waals surface area contributed by atoms with Crippen molar-refractivity contribution in [2.75, 3.05) is 25.0 Å². The van der Waals surface area contributed by atoms with E-state index in [1.165, 1.54) is 0 Å². The van der Waals surface area contributed by atoms with E-state index in [2.05, 4.69) is 11.4 Å². The normalized spacial score (nSPS) is 32.0. The van der Waals surface area contributed by atoms with Crippen molar-refractivity contribution in [1.82, 2.24) is 4.90 Å². The summed E-state index contributed by atoms with van der Waals surface area (Å²) in [6, 6.07) is 8.13. The number of rotatable bonds is 1. The third kappa shape index (κ3) is 1.82. The van der Waals surface area contributed by atoms with Crippen molar-refractivity contribution in [3.05, 3.63) is 29.8 Å². The molecule has 100 valence electrons. The van der Waals surface area contributed by atoms with Crippen LogP contribution in [0.5, 0.6) is 0 Å². The molecule has 19 heavy (non-hydrogen) atoms. The molecule has 3 heterocycles. The lowest BCUT2D eigenvalue weighted by atomic mass is 9.99. The predicted octanol–water partition coefficient (Wildman–Crippen LogP) is 1.59. The van der Waals surface area contributed by atoms with Gasteiger partial charge in [0.2, 0.25) is 5.91 Å². The zero-order valence-corrected chi connectivity index (χ0v) is 10.8. The van der Waals surface area contributed by atoms with Crippen molar-refractivity contribution >= 4 is 11.6 Å². The minimum atomic E-state index is -0.0197. The molecule has 1 aromatic carbocycles. The lowest BCUT2D eigenvalue weighted by Gasteiger charge is -2.33. The number of fused-ring (bicyclic) bond motifs is 3. The van der Waals surface area contributed by atoms with E-state index in [-0.39, 0.29) is 24.0 Å². The summed E-state index contributed by atoms with van der Waals surface area (Å²) in [4.78, 5) is 14.7. The molecule has 4 rings (SSSR count). The molecule has 4 heteroatoms. The highest BCUT2D eigenvalue weighted by Gasteiger charge is 2.39. The fraction of sp³-hybridized carbons (Fsp3) is 0.533. The second-order valence-corrected chi connectivity index (χ2v) is 5.72. The first-order chi connectivity index (χ1) is 9.31. The van der Waals surface area contributed by atoms with Crippen molar-refractivity contribution in [1.29, 1.82) is 0 Å². The number of benzene rings is 1. The van der Waals surface area contributed by atoms with Gasteiger partial charge in [-0.3, -0.25) is 4.79 Å². The topological polar surface area (TPSA) is 41.6 Å². The number of anilines is 1. The van der Waals surface area contributed by atoms with E-state index < -0.39 is 0 Å². The summed E-state index contributed by atoms with van der Waals surface area (Å²) in [7, 11) is 0. The maximum atomic E-state index is 12.7. The molecule has 2 saturated heterocycles. The van der Waals surface area contributed by atoms with Gasteiger partial charge in [-0.1, -0.05) is 18.2 Å². The number of para-hydroxylation sites is 1. The van der Waals surface area contributed by atoms with Crippen molar-refractivity contribution in [3.63, 3.8) is 0 Å². The van der Waals surface area contributed by atoms with Gasteiger partial charge in [-0.2, -0.15) is 0 Å². The molecular formula is C15H18N2O2. The van der Waals surface area contributed by atoms with Crippen LogP contribution in [0.15, 0.2) is 24.3 Å². The molecule has 0 aliphatic carbocycles. The molecule has 0 aromatic heterocycles. The first-order valence-electron chi connectivity index (χ1n) is 7.08. The molecule has 3 aliphatic heterocycles. The number of amides is 1. The first-order valence-corrected chi connectivity index (χ1v) is 7.08. The Morgan fingerprint density at radius 2 is 1.95 bits per heavy atom. The Kier molecular flexibility index (Phi) is 2.52. The molecule has 1 amide bonds. The van der Waals surface area contributed by atoms with E-state index in [0.717, 1.165) is 43.7 Å². The highest BCUT2D eigenvalue weighted by Crippen LogP contribution is 2.34. The quantitative estimate of drug-likeness (QED) is 0.831. The van der Waals surface area contributed by atoms with Gasteiger partial charge in [-0.05, 0) is 24.5 Å². The molecule has 0 spiro atoms. The van der Waals surface area contributed by atoms with Crippen molar-refractivity contribution in [2.45, 2.75) is 31.0 Å². The van der Waals surface area contributed by atoms with Crippen LogP contribution in [-0.4, -0.2) is 42.6 Å². The summed E-state index contributed by atoms with van der Waals surface area (Å²) >= 11 is 0. The highest BCUT2D eigenvalue weighted by atomic mass is 16.5. The van der Waals surface area contributed by atoms with Crippen LogP contribution in [0.4, 0.5) is 5.69 Å².